The lowest BCUT2D eigenvalue weighted by atomic mass is 9.32. The highest BCUT2D eigenvalue weighted by Gasteiger charge is 2.72. The van der Waals surface area contributed by atoms with Crippen LogP contribution in [0.1, 0.15) is 144 Å². The number of carbonyl (C=O) groups is 1. The van der Waals surface area contributed by atoms with Crippen LogP contribution in [0, 0.1) is 68.5 Å². The van der Waals surface area contributed by atoms with Crippen molar-refractivity contribution in [3.05, 3.63) is 36.3 Å². The Kier molecular flexibility index (Phi) is 8.24. The third-order valence-electron chi connectivity index (χ3n) is 18.1. The maximum Gasteiger partial charge on any atom is 0.229 e. The number of nitrogens with zero attached hydrogens (tertiary/aromatic N) is 2. The van der Waals surface area contributed by atoms with Crippen molar-refractivity contribution in [1.29, 1.82) is 0 Å². The molecule has 1 amide bonds. The van der Waals surface area contributed by atoms with Crippen LogP contribution in [-0.4, -0.2) is 34.4 Å². The van der Waals surface area contributed by atoms with Gasteiger partial charge >= 0.3 is 0 Å². The first-order valence-corrected chi connectivity index (χ1v) is 20.7. The van der Waals surface area contributed by atoms with Gasteiger partial charge in [0.05, 0.1) is 30.5 Å². The van der Waals surface area contributed by atoms with E-state index in [1.807, 2.05) is 18.3 Å². The van der Waals surface area contributed by atoms with Crippen molar-refractivity contribution in [1.82, 2.24) is 14.9 Å². The van der Waals surface area contributed by atoms with Crippen molar-refractivity contribution < 1.29 is 9.53 Å². The fourth-order valence-electron chi connectivity index (χ4n) is 14.9. The number of benzene rings is 1. The molecule has 274 valence electrons. The highest BCUT2D eigenvalue weighted by Crippen LogP contribution is 2.78. The van der Waals surface area contributed by atoms with Gasteiger partial charge in [-0.2, -0.15) is 0 Å². The highest BCUT2D eigenvalue weighted by molar-refractivity contribution is 5.84. The Hall–Kier alpha value is -2.30. The molecule has 8 rings (SSSR count). The molecule has 5 nitrogen and oxygen atoms in total. The van der Waals surface area contributed by atoms with Crippen LogP contribution in [0.25, 0.3) is 11.3 Å². The number of amides is 1. The van der Waals surface area contributed by atoms with Gasteiger partial charge in [-0.25, -0.2) is 4.98 Å². The first-order valence-electron chi connectivity index (χ1n) is 20.7. The number of aromatic nitrogens is 2. The quantitative estimate of drug-likeness (QED) is 0.342. The molecule has 0 radical (unpaired) electrons. The van der Waals surface area contributed by atoms with Gasteiger partial charge < -0.3 is 14.6 Å². The number of carbonyl (C=O) groups excluding carboxylic acids is 1. The average Bonchev–Trinajstić information content (AvgIpc) is 3.86. The number of rotatable bonds is 5. The summed E-state index contributed by atoms with van der Waals surface area (Å²) in [6.07, 6.45) is 16.9. The summed E-state index contributed by atoms with van der Waals surface area (Å²) in [4.78, 5) is 26.3. The lowest BCUT2D eigenvalue weighted by molar-refractivity contribution is -0.243. The van der Waals surface area contributed by atoms with Gasteiger partial charge in [0.15, 0.2) is 0 Å². The van der Waals surface area contributed by atoms with E-state index in [1.54, 1.807) is 7.11 Å². The molecule has 5 aliphatic carbocycles. The molecule has 1 saturated heterocycles. The number of hydrogen-bond donors (Lipinski definition) is 1. The fraction of sp³-hybridized carbons (Fsp3) is 0.778. The summed E-state index contributed by atoms with van der Waals surface area (Å²) in [5.41, 5.74) is 3.38. The first-order chi connectivity index (χ1) is 23.7. The molecule has 50 heavy (non-hydrogen) atoms. The second-order valence-corrected chi connectivity index (χ2v) is 20.1. The van der Waals surface area contributed by atoms with Gasteiger partial charge in [-0.15, -0.1) is 0 Å². The first kappa shape index (κ1) is 34.8. The van der Waals surface area contributed by atoms with E-state index in [2.05, 4.69) is 77.4 Å². The SMILES string of the molecule is COc1ccc(-c2cnc([C@@H]3CCCN3C(=O)[C@]34CC[C@@H](C(C)C)[C@@H]3[C@H]3CC[C@@H]5[C@@]6(C)CC[C@H](C)C(C)(C)[C@@H]6CC[C@@]5(C)[C@]3(C)CC4)[nH]2)cc1. The summed E-state index contributed by atoms with van der Waals surface area (Å²) in [5.74, 6) is 7.10. The number of fused-ring (bicyclic) bond motifs is 7. The molecule has 11 atom stereocenters. The molecule has 2 aromatic rings. The molecule has 5 saturated carbocycles. The predicted molar refractivity (Wildman–Crippen MR) is 202 cm³/mol. The van der Waals surface area contributed by atoms with Crippen molar-refractivity contribution in [3.63, 3.8) is 0 Å². The van der Waals surface area contributed by atoms with Crippen molar-refractivity contribution in [2.45, 2.75) is 138 Å². The number of likely N-dealkylation sites (tertiary alicyclic amines) is 1. The second-order valence-electron chi connectivity index (χ2n) is 20.1. The number of hydrogen-bond acceptors (Lipinski definition) is 3. The van der Waals surface area contributed by atoms with E-state index in [9.17, 15) is 0 Å². The molecule has 2 heterocycles. The van der Waals surface area contributed by atoms with E-state index in [0.717, 1.165) is 72.8 Å². The summed E-state index contributed by atoms with van der Waals surface area (Å²) in [5, 5.41) is 0. The van der Waals surface area contributed by atoms with Gasteiger partial charge in [0, 0.05) is 6.54 Å². The van der Waals surface area contributed by atoms with Crippen LogP contribution in [-0.2, 0) is 4.79 Å². The third-order valence-corrected chi connectivity index (χ3v) is 18.1. The summed E-state index contributed by atoms with van der Waals surface area (Å²) < 4.78 is 5.38. The second kappa shape index (κ2) is 11.9. The smallest absolute Gasteiger partial charge is 0.229 e. The Bertz CT molecular complexity index is 1590. The monoisotopic (exact) mass is 682 g/mol. The van der Waals surface area contributed by atoms with E-state index >= 15 is 4.79 Å². The fourth-order valence-corrected chi connectivity index (χ4v) is 14.9. The molecular formula is C45H67N3O2. The van der Waals surface area contributed by atoms with Crippen molar-refractivity contribution in [2.24, 2.45) is 68.5 Å². The molecule has 1 aliphatic heterocycles. The third kappa shape index (κ3) is 4.68. The molecule has 5 heteroatoms. The van der Waals surface area contributed by atoms with Crippen molar-refractivity contribution in [2.75, 3.05) is 13.7 Å². The summed E-state index contributed by atoms with van der Waals surface area (Å²) in [6.45, 7) is 21.8. The van der Waals surface area contributed by atoms with Gasteiger partial charge in [0.1, 0.15) is 11.6 Å². The van der Waals surface area contributed by atoms with Crippen LogP contribution in [0.4, 0.5) is 0 Å². The van der Waals surface area contributed by atoms with Crippen LogP contribution < -0.4 is 4.74 Å². The number of nitrogens with one attached hydrogen (secondary N) is 1. The normalized spacial score (nSPS) is 43.6. The summed E-state index contributed by atoms with van der Waals surface area (Å²) in [7, 11) is 1.70. The molecular weight excluding hydrogens is 615 g/mol. The Morgan fingerprint density at radius 2 is 1.64 bits per heavy atom. The van der Waals surface area contributed by atoms with E-state index in [1.165, 1.54) is 51.4 Å². The van der Waals surface area contributed by atoms with Gasteiger partial charge in [-0.05, 0) is 170 Å². The van der Waals surface area contributed by atoms with Gasteiger partial charge in [0.2, 0.25) is 5.91 Å². The lowest BCUT2D eigenvalue weighted by Gasteiger charge is -2.73. The average molecular weight is 682 g/mol. The zero-order valence-electron chi connectivity index (χ0n) is 32.9. The molecule has 0 unspecified atom stereocenters. The van der Waals surface area contributed by atoms with Crippen LogP contribution in [0.3, 0.4) is 0 Å². The van der Waals surface area contributed by atoms with Crippen LogP contribution in [0.5, 0.6) is 5.75 Å². The number of ether oxygens (including phenoxy) is 1. The Morgan fingerprint density at radius 1 is 0.880 bits per heavy atom. The van der Waals surface area contributed by atoms with E-state index < -0.39 is 0 Å². The van der Waals surface area contributed by atoms with Gasteiger partial charge in [-0.3, -0.25) is 4.79 Å². The molecule has 0 bridgehead atoms. The zero-order chi connectivity index (χ0) is 35.4. The predicted octanol–water partition coefficient (Wildman–Crippen LogP) is 11.1. The maximum absolute atomic E-state index is 15.5. The molecule has 1 aromatic carbocycles. The molecule has 6 fully saturated rings. The van der Waals surface area contributed by atoms with E-state index in [-0.39, 0.29) is 11.5 Å². The minimum Gasteiger partial charge on any atom is -0.497 e. The standard InChI is InChI=1S/C45H67N3O2/c1-28(2)32-19-23-45(40(49)48-26-10-11-35(48)39-46-27-34(47-39)30-12-14-31(50-9)15-13-30)25-24-43(7)33(38(32)45)16-17-37-42(6)21-18-29(3)41(4,5)36(42)20-22-44(37,43)8/h12-15,27-29,32-33,35-38H,10-11,16-26H2,1-9H3,(H,46,47)/t29-,32-,33+,35-,36-,37+,38+,42-,43+,44+,45-/m0/s1. The zero-order valence-corrected chi connectivity index (χ0v) is 32.9. The highest BCUT2D eigenvalue weighted by atomic mass is 16.5. The van der Waals surface area contributed by atoms with E-state index in [0.29, 0.717) is 51.2 Å². The molecule has 6 aliphatic rings. The molecule has 0 spiro atoms. The summed E-state index contributed by atoms with van der Waals surface area (Å²) >= 11 is 0. The number of aromatic amines is 1. The van der Waals surface area contributed by atoms with Gasteiger partial charge in [0.25, 0.3) is 0 Å². The number of imidazole rings is 1. The Balaban J connectivity index is 1.10. The molecule has 1 N–H and O–H groups in total. The van der Waals surface area contributed by atoms with Crippen molar-refractivity contribution >= 4 is 5.91 Å². The summed E-state index contributed by atoms with van der Waals surface area (Å²) in [6, 6.07) is 8.20. The largest absolute Gasteiger partial charge is 0.497 e. The Morgan fingerprint density at radius 3 is 2.36 bits per heavy atom. The van der Waals surface area contributed by atoms with Crippen molar-refractivity contribution in [3.8, 4) is 17.0 Å². The van der Waals surface area contributed by atoms with Gasteiger partial charge in [-0.1, -0.05) is 55.4 Å². The molecule has 1 aromatic heterocycles. The maximum atomic E-state index is 15.5. The Labute approximate surface area is 303 Å². The number of methoxy groups -OCH3 is 1. The topological polar surface area (TPSA) is 58.2 Å². The van der Waals surface area contributed by atoms with Crippen LogP contribution >= 0.6 is 0 Å². The van der Waals surface area contributed by atoms with Crippen LogP contribution in [0.2, 0.25) is 0 Å². The van der Waals surface area contributed by atoms with E-state index in [4.69, 9.17) is 9.72 Å². The minimum atomic E-state index is -0.223. The lowest BCUT2D eigenvalue weighted by Crippen LogP contribution is -2.67. The number of H-pyrrole nitrogens is 1. The minimum absolute atomic E-state index is 0.0384. The van der Waals surface area contributed by atoms with Crippen LogP contribution in [0.15, 0.2) is 30.5 Å².